The van der Waals surface area contributed by atoms with Crippen LogP contribution in [0.15, 0.2) is 11.1 Å². The van der Waals surface area contributed by atoms with Crippen LogP contribution in [0.2, 0.25) is 0 Å². The van der Waals surface area contributed by atoms with Gasteiger partial charge in [-0.25, -0.2) is 0 Å². The molecule has 0 amide bonds. The first-order valence-corrected chi connectivity index (χ1v) is 5.69. The first kappa shape index (κ1) is 7.89. The highest BCUT2D eigenvalue weighted by Gasteiger charge is 2.65. The summed E-state index contributed by atoms with van der Waals surface area (Å²) in [5, 5.41) is 0.949. The van der Waals surface area contributed by atoms with Gasteiger partial charge in [-0.1, -0.05) is 17.7 Å². The summed E-state index contributed by atoms with van der Waals surface area (Å²) in [4.78, 5) is 12.0. The van der Waals surface area contributed by atoms with Crippen LogP contribution in [0, 0.1) is 23.7 Å². The zero-order valence-corrected chi connectivity index (χ0v) is 8.41. The van der Waals surface area contributed by atoms with Gasteiger partial charge >= 0.3 is 0 Å². The first-order chi connectivity index (χ1) is 6.75. The van der Waals surface area contributed by atoms with E-state index in [4.69, 9.17) is 16.3 Å². The minimum absolute atomic E-state index is 0.184. The number of hydrogen-bond donors (Lipinski definition) is 0. The van der Waals surface area contributed by atoms with Crippen LogP contribution >= 0.6 is 11.6 Å². The van der Waals surface area contributed by atoms with Crippen LogP contribution in [0.5, 0.6) is 0 Å². The topological polar surface area (TPSA) is 26.3 Å². The molecule has 3 heteroatoms. The number of carbonyl (C=O) groups excluding carboxylic acids is 1. The van der Waals surface area contributed by atoms with Crippen molar-refractivity contribution in [3.63, 3.8) is 0 Å². The molecule has 14 heavy (non-hydrogen) atoms. The van der Waals surface area contributed by atoms with Crippen LogP contribution in [0.4, 0.5) is 0 Å². The molecule has 0 aromatic rings. The average Bonchev–Trinajstić information content (AvgIpc) is 2.59. The van der Waals surface area contributed by atoms with Gasteiger partial charge in [0.1, 0.15) is 5.78 Å². The van der Waals surface area contributed by atoms with Crippen LogP contribution in [-0.4, -0.2) is 18.0 Å². The fourth-order valence-electron chi connectivity index (χ4n) is 3.99. The normalized spacial score (nSPS) is 58.1. The quantitative estimate of drug-likeness (QED) is 0.609. The lowest BCUT2D eigenvalue weighted by molar-refractivity contribution is -0.131. The Morgan fingerprint density at radius 2 is 2.36 bits per heavy atom. The predicted molar refractivity (Wildman–Crippen MR) is 50.8 cm³/mol. The minimum Gasteiger partial charge on any atom is -0.373 e. The van der Waals surface area contributed by atoms with E-state index in [-0.39, 0.29) is 17.9 Å². The van der Waals surface area contributed by atoms with Gasteiger partial charge in [-0.2, -0.15) is 0 Å². The lowest BCUT2D eigenvalue weighted by atomic mass is 9.67. The Hall–Kier alpha value is -0.340. The summed E-state index contributed by atoms with van der Waals surface area (Å²) in [6.07, 6.45) is 4.42. The lowest BCUT2D eigenvalue weighted by Gasteiger charge is -2.40. The predicted octanol–water partition coefficient (Wildman–Crippen LogP) is 1.73. The highest BCUT2D eigenvalue weighted by molar-refractivity contribution is 6.29. The summed E-state index contributed by atoms with van der Waals surface area (Å²) in [7, 11) is 0. The lowest BCUT2D eigenvalue weighted by Crippen LogP contribution is -2.44. The van der Waals surface area contributed by atoms with Gasteiger partial charge in [0.25, 0.3) is 0 Å². The molecule has 6 bridgehead atoms. The maximum atomic E-state index is 12.0. The molecular weight excluding hydrogens is 200 g/mol. The second-order valence-electron chi connectivity index (χ2n) is 4.97. The van der Waals surface area contributed by atoms with E-state index in [9.17, 15) is 4.79 Å². The molecule has 4 fully saturated rings. The van der Waals surface area contributed by atoms with Crippen molar-refractivity contribution in [2.45, 2.75) is 25.0 Å². The monoisotopic (exact) mass is 210 g/mol. The van der Waals surface area contributed by atoms with Crippen molar-refractivity contribution in [2.75, 3.05) is 0 Å². The number of carbonyl (C=O) groups is 1. The van der Waals surface area contributed by atoms with E-state index >= 15 is 0 Å². The Balaban J connectivity index is 1.91. The van der Waals surface area contributed by atoms with Gasteiger partial charge in [0.05, 0.1) is 12.2 Å². The van der Waals surface area contributed by atoms with Gasteiger partial charge in [-0.05, 0) is 12.8 Å². The standard InChI is InChI=1S/C11H11ClO2/c12-4-1-6-5-3-8-9(10(5)13)7(2-4)11(6)14-8/h1,5-9,11H,2-3H2. The van der Waals surface area contributed by atoms with Crippen LogP contribution in [0.1, 0.15) is 12.8 Å². The van der Waals surface area contributed by atoms with E-state index in [1.165, 1.54) is 0 Å². The molecule has 6 unspecified atom stereocenters. The van der Waals surface area contributed by atoms with Crippen molar-refractivity contribution in [1.82, 2.24) is 0 Å². The number of ketones is 1. The average molecular weight is 211 g/mol. The summed E-state index contributed by atoms with van der Waals surface area (Å²) in [5.41, 5.74) is 0. The Morgan fingerprint density at radius 3 is 3.21 bits per heavy atom. The SMILES string of the molecule is O=C1C2CC3OC4C2C=C(Cl)CC4C13. The van der Waals surface area contributed by atoms with Crippen molar-refractivity contribution in [2.24, 2.45) is 23.7 Å². The van der Waals surface area contributed by atoms with Gasteiger partial charge in [0.15, 0.2) is 0 Å². The maximum absolute atomic E-state index is 12.0. The van der Waals surface area contributed by atoms with Crippen molar-refractivity contribution in [1.29, 1.82) is 0 Å². The Labute approximate surface area is 87.3 Å². The second-order valence-corrected chi connectivity index (χ2v) is 5.45. The van der Waals surface area contributed by atoms with Crippen LogP contribution in [-0.2, 0) is 9.53 Å². The Morgan fingerprint density at radius 1 is 1.50 bits per heavy atom. The largest absolute Gasteiger partial charge is 0.373 e. The highest BCUT2D eigenvalue weighted by atomic mass is 35.5. The fraction of sp³-hybridized carbons (Fsp3) is 0.727. The van der Waals surface area contributed by atoms with Gasteiger partial charge in [-0.3, -0.25) is 4.79 Å². The summed E-state index contributed by atoms with van der Waals surface area (Å²) in [6, 6.07) is 0. The molecule has 0 spiro atoms. The zero-order valence-electron chi connectivity index (χ0n) is 7.65. The number of rotatable bonds is 0. The number of halogens is 1. The van der Waals surface area contributed by atoms with E-state index in [1.54, 1.807) is 0 Å². The molecular formula is C11H11ClO2. The van der Waals surface area contributed by atoms with Crippen molar-refractivity contribution < 1.29 is 9.53 Å². The Kier molecular flexibility index (Phi) is 1.27. The van der Waals surface area contributed by atoms with Gasteiger partial charge < -0.3 is 4.74 Å². The molecule has 5 rings (SSSR count). The van der Waals surface area contributed by atoms with Crippen molar-refractivity contribution in [3.05, 3.63) is 11.1 Å². The smallest absolute Gasteiger partial charge is 0.142 e. The second kappa shape index (κ2) is 2.25. The fourth-order valence-corrected chi connectivity index (χ4v) is 4.31. The summed E-state index contributed by atoms with van der Waals surface area (Å²) in [5.74, 6) is 1.56. The minimum atomic E-state index is 0.184. The number of hydrogen-bond acceptors (Lipinski definition) is 2. The molecule has 6 atom stereocenters. The molecule has 2 saturated carbocycles. The Bertz CT molecular complexity index is 362. The van der Waals surface area contributed by atoms with Crippen LogP contribution < -0.4 is 0 Å². The molecule has 5 aliphatic rings. The highest BCUT2D eigenvalue weighted by Crippen LogP contribution is 2.59. The van der Waals surface area contributed by atoms with E-state index in [0.29, 0.717) is 23.7 Å². The molecule has 2 nitrogen and oxygen atoms in total. The summed E-state index contributed by atoms with van der Waals surface area (Å²) in [6.45, 7) is 0. The number of Topliss-reactive ketones (excluding diaryl/α,β-unsaturated/α-hetero) is 1. The van der Waals surface area contributed by atoms with Crippen LogP contribution in [0.25, 0.3) is 0 Å². The van der Waals surface area contributed by atoms with Gasteiger partial charge in [-0.15, -0.1) is 0 Å². The van der Waals surface area contributed by atoms with Crippen molar-refractivity contribution >= 4 is 17.4 Å². The molecule has 3 aliphatic carbocycles. The zero-order chi connectivity index (χ0) is 9.45. The molecule has 0 aromatic heterocycles. The van der Waals surface area contributed by atoms with E-state index in [0.717, 1.165) is 17.9 Å². The molecule has 0 radical (unpaired) electrons. The maximum Gasteiger partial charge on any atom is 0.142 e. The molecule has 2 saturated heterocycles. The number of allylic oxidation sites excluding steroid dienone is 1. The van der Waals surface area contributed by atoms with E-state index in [2.05, 4.69) is 6.08 Å². The third-order valence-corrected chi connectivity index (χ3v) is 4.72. The third-order valence-electron chi connectivity index (χ3n) is 4.44. The van der Waals surface area contributed by atoms with Gasteiger partial charge in [0.2, 0.25) is 0 Å². The molecule has 0 N–H and O–H groups in total. The first-order valence-electron chi connectivity index (χ1n) is 5.31. The molecule has 2 aliphatic heterocycles. The summed E-state index contributed by atoms with van der Waals surface area (Å²) >= 11 is 6.10. The third kappa shape index (κ3) is 0.695. The summed E-state index contributed by atoms with van der Waals surface area (Å²) < 4.78 is 5.91. The van der Waals surface area contributed by atoms with E-state index < -0.39 is 0 Å². The molecule has 0 aromatic carbocycles. The van der Waals surface area contributed by atoms with E-state index in [1.807, 2.05) is 0 Å². The number of ether oxygens (including phenoxy) is 1. The van der Waals surface area contributed by atoms with Crippen LogP contribution in [0.3, 0.4) is 0 Å². The van der Waals surface area contributed by atoms with Gasteiger partial charge in [0, 0.05) is 28.7 Å². The van der Waals surface area contributed by atoms with Crippen molar-refractivity contribution in [3.8, 4) is 0 Å². The molecule has 2 heterocycles. The molecule has 74 valence electrons.